The Morgan fingerprint density at radius 2 is 1.83 bits per heavy atom. The number of rotatable bonds is 10. The van der Waals surface area contributed by atoms with Gasteiger partial charge in [-0.05, 0) is 43.1 Å². The molecule has 0 bridgehead atoms. The lowest BCUT2D eigenvalue weighted by Gasteiger charge is -2.31. The van der Waals surface area contributed by atoms with Crippen LogP contribution in [0.2, 0.25) is 0 Å². The number of benzene rings is 2. The molecule has 1 N–H and O–H groups in total. The molecule has 0 aromatic heterocycles. The monoisotopic (exact) mass is 399 g/mol. The zero-order valence-electron chi connectivity index (χ0n) is 16.9. The lowest BCUT2D eigenvalue weighted by molar-refractivity contribution is -0.384. The predicted molar refractivity (Wildman–Crippen MR) is 112 cm³/mol. The Bertz CT molecular complexity index is 793. The van der Waals surface area contributed by atoms with Crippen molar-refractivity contribution in [2.45, 2.75) is 32.0 Å². The molecule has 2 aromatic carbocycles. The minimum atomic E-state index is -0.371. The molecule has 1 fully saturated rings. The van der Waals surface area contributed by atoms with Crippen molar-refractivity contribution in [3.05, 3.63) is 69.8 Å². The van der Waals surface area contributed by atoms with E-state index in [0.29, 0.717) is 25.7 Å². The molecule has 7 heteroatoms. The molecule has 0 spiro atoms. The van der Waals surface area contributed by atoms with Gasteiger partial charge in [-0.15, -0.1) is 0 Å². The molecule has 1 saturated heterocycles. The van der Waals surface area contributed by atoms with Crippen molar-refractivity contribution >= 4 is 5.69 Å². The SMILES string of the molecule is CN(CCOc1cccc(CNCc2cccc([N+](=O)[O-])c2)c1)C1CCOCC1. The molecule has 0 radical (unpaired) electrons. The van der Waals surface area contributed by atoms with Crippen LogP contribution in [0.15, 0.2) is 48.5 Å². The minimum absolute atomic E-state index is 0.116. The van der Waals surface area contributed by atoms with Crippen LogP contribution in [0, 0.1) is 10.1 Å². The van der Waals surface area contributed by atoms with E-state index in [2.05, 4.69) is 17.3 Å². The zero-order valence-corrected chi connectivity index (χ0v) is 16.9. The van der Waals surface area contributed by atoms with Crippen molar-refractivity contribution in [1.82, 2.24) is 10.2 Å². The maximum Gasteiger partial charge on any atom is 0.269 e. The van der Waals surface area contributed by atoms with Gasteiger partial charge in [-0.3, -0.25) is 15.0 Å². The number of nitro groups is 1. The Labute approximate surface area is 171 Å². The molecule has 1 aliphatic heterocycles. The summed E-state index contributed by atoms with van der Waals surface area (Å²) >= 11 is 0. The molecule has 2 aromatic rings. The predicted octanol–water partition coefficient (Wildman–Crippen LogP) is 3.37. The molecule has 1 aliphatic rings. The van der Waals surface area contributed by atoms with Crippen molar-refractivity contribution in [2.75, 3.05) is 33.4 Å². The largest absolute Gasteiger partial charge is 0.492 e. The van der Waals surface area contributed by atoms with Crippen LogP contribution in [0.4, 0.5) is 5.69 Å². The lowest BCUT2D eigenvalue weighted by atomic mass is 10.1. The van der Waals surface area contributed by atoms with Gasteiger partial charge in [0.2, 0.25) is 0 Å². The lowest BCUT2D eigenvalue weighted by Crippen LogP contribution is -2.38. The molecule has 0 amide bonds. The molecule has 29 heavy (non-hydrogen) atoms. The molecule has 3 rings (SSSR count). The van der Waals surface area contributed by atoms with Gasteiger partial charge in [-0.2, -0.15) is 0 Å². The fourth-order valence-electron chi connectivity index (χ4n) is 3.49. The molecular formula is C22H29N3O4. The van der Waals surface area contributed by atoms with Gasteiger partial charge in [-0.1, -0.05) is 24.3 Å². The average molecular weight is 399 g/mol. The number of non-ortho nitro benzene ring substituents is 1. The van der Waals surface area contributed by atoms with Gasteiger partial charge in [-0.25, -0.2) is 0 Å². The summed E-state index contributed by atoms with van der Waals surface area (Å²) in [6.07, 6.45) is 2.17. The maximum atomic E-state index is 10.9. The number of nitrogens with one attached hydrogen (secondary N) is 1. The second kappa shape index (κ2) is 10.9. The summed E-state index contributed by atoms with van der Waals surface area (Å²) in [6.45, 7) is 4.48. The van der Waals surface area contributed by atoms with Gasteiger partial charge >= 0.3 is 0 Å². The highest BCUT2D eigenvalue weighted by atomic mass is 16.6. The normalized spacial score (nSPS) is 14.8. The molecular weight excluding hydrogens is 370 g/mol. The molecule has 156 valence electrons. The fourth-order valence-corrected chi connectivity index (χ4v) is 3.49. The Hall–Kier alpha value is -2.48. The van der Waals surface area contributed by atoms with Crippen LogP contribution in [0.1, 0.15) is 24.0 Å². The Kier molecular flexibility index (Phi) is 7.98. The van der Waals surface area contributed by atoms with Crippen LogP contribution >= 0.6 is 0 Å². The number of nitrogens with zero attached hydrogens (tertiary/aromatic N) is 2. The second-order valence-corrected chi connectivity index (χ2v) is 7.35. The summed E-state index contributed by atoms with van der Waals surface area (Å²) in [4.78, 5) is 12.8. The first-order valence-electron chi connectivity index (χ1n) is 10.1. The number of nitro benzene ring substituents is 1. The quantitative estimate of drug-likeness (QED) is 0.488. The van der Waals surface area contributed by atoms with E-state index >= 15 is 0 Å². The molecule has 0 aliphatic carbocycles. The summed E-state index contributed by atoms with van der Waals surface area (Å²) in [5, 5.41) is 14.2. The van der Waals surface area contributed by atoms with Crippen molar-refractivity contribution in [3.8, 4) is 5.75 Å². The third-order valence-electron chi connectivity index (χ3n) is 5.20. The first-order valence-corrected chi connectivity index (χ1v) is 10.1. The molecule has 0 saturated carbocycles. The van der Waals surface area contributed by atoms with E-state index in [9.17, 15) is 10.1 Å². The summed E-state index contributed by atoms with van der Waals surface area (Å²) < 4.78 is 11.4. The maximum absolute atomic E-state index is 10.9. The van der Waals surface area contributed by atoms with Crippen LogP contribution in [0.5, 0.6) is 5.75 Å². The topological polar surface area (TPSA) is 76.9 Å². The van der Waals surface area contributed by atoms with Crippen LogP contribution in [0.3, 0.4) is 0 Å². The van der Waals surface area contributed by atoms with Crippen LogP contribution in [-0.4, -0.2) is 49.3 Å². The fraction of sp³-hybridized carbons (Fsp3) is 0.455. The van der Waals surface area contributed by atoms with Gasteiger partial charge < -0.3 is 14.8 Å². The van der Waals surface area contributed by atoms with Gasteiger partial charge in [0.05, 0.1) is 4.92 Å². The van der Waals surface area contributed by atoms with Crippen LogP contribution in [-0.2, 0) is 17.8 Å². The zero-order chi connectivity index (χ0) is 20.5. The summed E-state index contributed by atoms with van der Waals surface area (Å²) in [7, 11) is 2.15. The Morgan fingerprint density at radius 1 is 1.14 bits per heavy atom. The van der Waals surface area contributed by atoms with E-state index in [-0.39, 0.29) is 10.6 Å². The standard InChI is InChI=1S/C22H29N3O4/c1-24(20-8-11-28-12-9-20)10-13-29-22-7-3-5-19(15-22)17-23-16-18-4-2-6-21(14-18)25(26)27/h2-7,14-15,20,23H,8-13,16-17H2,1H3. The van der Waals surface area contributed by atoms with E-state index in [1.165, 1.54) is 6.07 Å². The second-order valence-electron chi connectivity index (χ2n) is 7.35. The number of hydrogen-bond acceptors (Lipinski definition) is 6. The third-order valence-corrected chi connectivity index (χ3v) is 5.20. The highest BCUT2D eigenvalue weighted by molar-refractivity contribution is 5.34. The Balaban J connectivity index is 1.42. The molecule has 0 unspecified atom stereocenters. The number of likely N-dealkylation sites (N-methyl/N-ethyl adjacent to an activating group) is 1. The van der Waals surface area contributed by atoms with E-state index in [1.807, 2.05) is 30.3 Å². The number of hydrogen-bond donors (Lipinski definition) is 1. The van der Waals surface area contributed by atoms with Gasteiger partial charge in [0, 0.05) is 51.0 Å². The van der Waals surface area contributed by atoms with Crippen molar-refractivity contribution in [2.24, 2.45) is 0 Å². The minimum Gasteiger partial charge on any atom is -0.492 e. The smallest absolute Gasteiger partial charge is 0.269 e. The van der Waals surface area contributed by atoms with Crippen LogP contribution < -0.4 is 10.1 Å². The average Bonchev–Trinajstić information content (AvgIpc) is 2.75. The van der Waals surface area contributed by atoms with Crippen molar-refractivity contribution < 1.29 is 14.4 Å². The van der Waals surface area contributed by atoms with E-state index in [0.717, 1.165) is 49.5 Å². The van der Waals surface area contributed by atoms with Gasteiger partial charge in [0.25, 0.3) is 5.69 Å². The van der Waals surface area contributed by atoms with Gasteiger partial charge in [0.1, 0.15) is 12.4 Å². The molecule has 7 nitrogen and oxygen atoms in total. The summed E-state index contributed by atoms with van der Waals surface area (Å²) in [6, 6.07) is 15.3. The van der Waals surface area contributed by atoms with Crippen molar-refractivity contribution in [1.29, 1.82) is 0 Å². The van der Waals surface area contributed by atoms with E-state index in [1.54, 1.807) is 12.1 Å². The van der Waals surface area contributed by atoms with Crippen molar-refractivity contribution in [3.63, 3.8) is 0 Å². The molecule has 0 atom stereocenters. The first-order chi connectivity index (χ1) is 14.1. The first kappa shape index (κ1) is 21.2. The highest BCUT2D eigenvalue weighted by Crippen LogP contribution is 2.16. The highest BCUT2D eigenvalue weighted by Gasteiger charge is 2.17. The number of ether oxygens (including phenoxy) is 2. The third kappa shape index (κ3) is 6.81. The van der Waals surface area contributed by atoms with Gasteiger partial charge in [0.15, 0.2) is 0 Å². The van der Waals surface area contributed by atoms with E-state index in [4.69, 9.17) is 9.47 Å². The van der Waals surface area contributed by atoms with Crippen LogP contribution in [0.25, 0.3) is 0 Å². The summed E-state index contributed by atoms with van der Waals surface area (Å²) in [5.41, 5.74) is 2.12. The molecule has 1 heterocycles. The Morgan fingerprint density at radius 3 is 2.55 bits per heavy atom. The van der Waals surface area contributed by atoms with E-state index < -0.39 is 0 Å². The summed E-state index contributed by atoms with van der Waals surface area (Å²) in [5.74, 6) is 0.861.